The number of aryl methyl sites for hydroxylation is 1. The van der Waals surface area contributed by atoms with Crippen molar-refractivity contribution in [3.8, 4) is 0 Å². The van der Waals surface area contributed by atoms with Crippen molar-refractivity contribution in [3.63, 3.8) is 0 Å². The monoisotopic (exact) mass is 244 g/mol. The fraction of sp³-hybridized carbons (Fsp3) is 0.231. The maximum absolute atomic E-state index is 11.6. The summed E-state index contributed by atoms with van der Waals surface area (Å²) < 4.78 is 0. The Kier molecular flexibility index (Phi) is 3.96. The van der Waals surface area contributed by atoms with E-state index in [0.717, 1.165) is 18.5 Å². The van der Waals surface area contributed by atoms with Gasteiger partial charge in [-0.15, -0.1) is 0 Å². The number of nitrogen functional groups attached to an aromatic ring is 1. The summed E-state index contributed by atoms with van der Waals surface area (Å²) in [7, 11) is 0. The first-order valence-electron chi connectivity index (χ1n) is 5.88. The Hall–Kier alpha value is -2.30. The molecule has 18 heavy (non-hydrogen) atoms. The van der Waals surface area contributed by atoms with Gasteiger partial charge in [0.05, 0.1) is 11.9 Å². The average molecular weight is 244 g/mol. The fourth-order valence-electron chi connectivity index (χ4n) is 1.65. The zero-order valence-electron chi connectivity index (χ0n) is 10.0. The molecule has 0 aliphatic carbocycles. The van der Waals surface area contributed by atoms with Crippen molar-refractivity contribution >= 4 is 17.4 Å². The maximum atomic E-state index is 11.6. The van der Waals surface area contributed by atoms with Crippen molar-refractivity contribution in [2.45, 2.75) is 19.3 Å². The summed E-state index contributed by atoms with van der Waals surface area (Å²) >= 11 is 0. The van der Waals surface area contributed by atoms with Crippen LogP contribution in [0.25, 0.3) is 0 Å². The molecular weight excluding hydrogens is 228 g/mol. The second-order valence-corrected chi connectivity index (χ2v) is 4.07. The number of hydrogen-bond donors (Lipinski definition) is 3. The third kappa shape index (κ3) is 3.62. The first-order chi connectivity index (χ1) is 8.74. The topological polar surface area (TPSA) is 83.8 Å². The Morgan fingerprint density at radius 2 is 2.28 bits per heavy atom. The van der Waals surface area contributed by atoms with Gasteiger partial charge in [-0.25, -0.2) is 4.98 Å². The van der Waals surface area contributed by atoms with E-state index in [1.165, 1.54) is 6.20 Å². The summed E-state index contributed by atoms with van der Waals surface area (Å²) in [5.41, 5.74) is 7.24. The van der Waals surface area contributed by atoms with Crippen molar-refractivity contribution < 1.29 is 4.79 Å². The molecule has 0 saturated carbocycles. The van der Waals surface area contributed by atoms with Crippen LogP contribution in [0.5, 0.6) is 0 Å². The van der Waals surface area contributed by atoms with Gasteiger partial charge in [0.15, 0.2) is 0 Å². The predicted octanol–water partition coefficient (Wildman–Crippen LogP) is 1.95. The lowest BCUT2D eigenvalue weighted by molar-refractivity contribution is -0.116. The Morgan fingerprint density at radius 1 is 1.39 bits per heavy atom. The molecule has 4 N–H and O–H groups in total. The molecule has 1 amide bonds. The van der Waals surface area contributed by atoms with Crippen LogP contribution in [0, 0.1) is 0 Å². The largest absolute Gasteiger partial charge is 0.397 e. The second-order valence-electron chi connectivity index (χ2n) is 4.07. The number of hydrogen-bond acceptors (Lipinski definition) is 3. The van der Waals surface area contributed by atoms with Crippen LogP contribution in [-0.4, -0.2) is 15.9 Å². The number of rotatable bonds is 5. The van der Waals surface area contributed by atoms with Gasteiger partial charge < -0.3 is 16.0 Å². The lowest BCUT2D eigenvalue weighted by Gasteiger charge is -2.04. The molecule has 0 fully saturated rings. The average Bonchev–Trinajstić information content (AvgIpc) is 2.85. The summed E-state index contributed by atoms with van der Waals surface area (Å²) in [6, 6.07) is 7.37. The zero-order chi connectivity index (χ0) is 12.8. The van der Waals surface area contributed by atoms with Crippen molar-refractivity contribution in [1.29, 1.82) is 0 Å². The maximum Gasteiger partial charge on any atom is 0.225 e. The van der Waals surface area contributed by atoms with Crippen LogP contribution in [-0.2, 0) is 11.2 Å². The molecule has 0 radical (unpaired) electrons. The molecule has 0 atom stereocenters. The van der Waals surface area contributed by atoms with Crippen LogP contribution < -0.4 is 11.1 Å². The Balaban J connectivity index is 1.73. The minimum Gasteiger partial charge on any atom is -0.397 e. The van der Waals surface area contributed by atoms with E-state index in [0.29, 0.717) is 17.9 Å². The van der Waals surface area contributed by atoms with E-state index < -0.39 is 0 Å². The highest BCUT2D eigenvalue weighted by molar-refractivity contribution is 5.89. The summed E-state index contributed by atoms with van der Waals surface area (Å²) in [5, 5.41) is 2.73. The minimum atomic E-state index is -0.0289. The zero-order valence-corrected chi connectivity index (χ0v) is 10.0. The Bertz CT molecular complexity index is 490. The molecule has 0 aliphatic heterocycles. The molecule has 94 valence electrons. The van der Waals surface area contributed by atoms with E-state index in [1.54, 1.807) is 12.1 Å². The number of carbonyl (C=O) groups excluding carboxylic acids is 1. The number of anilines is 2. The van der Waals surface area contributed by atoms with E-state index in [2.05, 4.69) is 15.3 Å². The molecule has 2 aromatic heterocycles. The molecule has 0 saturated heterocycles. The number of nitrogens with two attached hydrogens (primary N) is 1. The third-order valence-corrected chi connectivity index (χ3v) is 2.57. The van der Waals surface area contributed by atoms with Gasteiger partial charge >= 0.3 is 0 Å². The molecule has 5 nitrogen and oxygen atoms in total. The molecule has 2 heterocycles. The molecule has 0 unspecified atom stereocenters. The van der Waals surface area contributed by atoms with E-state index >= 15 is 0 Å². The van der Waals surface area contributed by atoms with E-state index in [9.17, 15) is 4.79 Å². The van der Waals surface area contributed by atoms with Crippen LogP contribution in [0.1, 0.15) is 18.5 Å². The number of nitrogens with one attached hydrogen (secondary N) is 2. The first kappa shape index (κ1) is 12.2. The van der Waals surface area contributed by atoms with Crippen LogP contribution in [0.3, 0.4) is 0 Å². The summed E-state index contributed by atoms with van der Waals surface area (Å²) in [6.45, 7) is 0. The van der Waals surface area contributed by atoms with E-state index in [-0.39, 0.29) is 5.91 Å². The highest BCUT2D eigenvalue weighted by atomic mass is 16.1. The highest BCUT2D eigenvalue weighted by Gasteiger charge is 2.03. The summed E-state index contributed by atoms with van der Waals surface area (Å²) in [6.07, 6.45) is 5.56. The van der Waals surface area contributed by atoms with Crippen molar-refractivity contribution in [3.05, 3.63) is 42.4 Å². The number of nitrogens with zero attached hydrogens (tertiary/aromatic N) is 1. The van der Waals surface area contributed by atoms with Gasteiger partial charge in [0.1, 0.15) is 5.82 Å². The van der Waals surface area contributed by atoms with Gasteiger partial charge in [0.2, 0.25) is 5.91 Å². The molecule has 2 rings (SSSR count). The number of aromatic amines is 1. The molecule has 0 aliphatic rings. The van der Waals surface area contributed by atoms with Gasteiger partial charge in [0.25, 0.3) is 0 Å². The fourth-order valence-corrected chi connectivity index (χ4v) is 1.65. The van der Waals surface area contributed by atoms with Crippen molar-refractivity contribution in [2.24, 2.45) is 0 Å². The van der Waals surface area contributed by atoms with E-state index in [4.69, 9.17) is 5.73 Å². The standard InChI is InChI=1S/C13H16N4O/c14-10-6-7-12(16-9-10)17-13(18)5-1-3-11-4-2-8-15-11/h2,4,6-9,15H,1,3,5,14H2,(H,16,17,18). The van der Waals surface area contributed by atoms with E-state index in [1.807, 2.05) is 18.3 Å². The molecule has 0 spiro atoms. The van der Waals surface area contributed by atoms with Gasteiger partial charge in [-0.1, -0.05) is 0 Å². The number of H-pyrrole nitrogens is 1. The molecule has 0 bridgehead atoms. The summed E-state index contributed by atoms with van der Waals surface area (Å²) in [4.78, 5) is 18.8. The molecule has 2 aromatic rings. The van der Waals surface area contributed by atoms with Gasteiger partial charge in [-0.2, -0.15) is 0 Å². The van der Waals surface area contributed by atoms with Crippen molar-refractivity contribution in [2.75, 3.05) is 11.1 Å². The first-order valence-corrected chi connectivity index (χ1v) is 5.88. The second kappa shape index (κ2) is 5.86. The van der Waals surface area contributed by atoms with Gasteiger partial charge in [-0.3, -0.25) is 4.79 Å². The SMILES string of the molecule is Nc1ccc(NC(=O)CCCc2ccc[nH]2)nc1. The lowest BCUT2D eigenvalue weighted by atomic mass is 10.2. The smallest absolute Gasteiger partial charge is 0.225 e. The lowest BCUT2D eigenvalue weighted by Crippen LogP contribution is -2.12. The minimum absolute atomic E-state index is 0.0289. The highest BCUT2D eigenvalue weighted by Crippen LogP contribution is 2.07. The molecular formula is C13H16N4O. The Labute approximate surface area is 105 Å². The Morgan fingerprint density at radius 3 is 2.94 bits per heavy atom. The summed E-state index contributed by atoms with van der Waals surface area (Å²) in [5.74, 6) is 0.507. The predicted molar refractivity (Wildman–Crippen MR) is 71.0 cm³/mol. The molecule has 5 heteroatoms. The number of pyridine rings is 1. The number of aromatic nitrogens is 2. The van der Waals surface area contributed by atoms with Gasteiger partial charge in [-0.05, 0) is 37.1 Å². The number of carbonyl (C=O) groups is 1. The van der Waals surface area contributed by atoms with Crippen LogP contribution >= 0.6 is 0 Å². The normalized spacial score (nSPS) is 10.2. The van der Waals surface area contributed by atoms with Gasteiger partial charge in [0, 0.05) is 18.3 Å². The quantitative estimate of drug-likeness (QED) is 0.751. The van der Waals surface area contributed by atoms with Crippen LogP contribution in [0.4, 0.5) is 11.5 Å². The third-order valence-electron chi connectivity index (χ3n) is 2.57. The van der Waals surface area contributed by atoms with Crippen LogP contribution in [0.15, 0.2) is 36.7 Å². The van der Waals surface area contributed by atoms with Crippen molar-refractivity contribution in [1.82, 2.24) is 9.97 Å². The number of amides is 1. The molecule has 0 aromatic carbocycles. The van der Waals surface area contributed by atoms with Crippen LogP contribution in [0.2, 0.25) is 0 Å².